The Morgan fingerprint density at radius 2 is 1.46 bits per heavy atom. The first-order valence-electron chi connectivity index (χ1n) is 7.99. The van der Waals surface area contributed by atoms with Gasteiger partial charge in [0.25, 0.3) is 0 Å². The maximum absolute atomic E-state index is 13.0. The zero-order valence-electron chi connectivity index (χ0n) is 13.8. The number of ether oxygens (including phenoxy) is 1. The molecule has 2 nitrogen and oxygen atoms in total. The lowest BCUT2D eigenvalue weighted by molar-refractivity contribution is -0.137. The molecule has 26 heavy (non-hydrogen) atoms. The van der Waals surface area contributed by atoms with Gasteiger partial charge >= 0.3 is 6.18 Å². The van der Waals surface area contributed by atoms with Crippen molar-refractivity contribution in [2.45, 2.75) is 12.8 Å². The van der Waals surface area contributed by atoms with Crippen molar-refractivity contribution in [3.63, 3.8) is 0 Å². The van der Waals surface area contributed by atoms with Gasteiger partial charge in [0, 0.05) is 6.21 Å². The molecule has 5 heteroatoms. The largest absolute Gasteiger partial charge is 0.489 e. The number of halogens is 3. The second kappa shape index (κ2) is 7.87. The summed E-state index contributed by atoms with van der Waals surface area (Å²) in [5.41, 5.74) is 0.888. The predicted molar refractivity (Wildman–Crippen MR) is 95.9 cm³/mol. The van der Waals surface area contributed by atoms with Gasteiger partial charge in [0.1, 0.15) is 12.4 Å². The minimum absolute atomic E-state index is 0.107. The number of para-hydroxylation sites is 1. The molecule has 0 saturated heterocycles. The van der Waals surface area contributed by atoms with E-state index in [0.29, 0.717) is 17.9 Å². The van der Waals surface area contributed by atoms with Crippen LogP contribution in [0.25, 0.3) is 0 Å². The molecule has 0 radical (unpaired) electrons. The Morgan fingerprint density at radius 1 is 0.808 bits per heavy atom. The molecule has 0 N–H and O–H groups in total. The van der Waals surface area contributed by atoms with E-state index in [1.807, 2.05) is 30.3 Å². The van der Waals surface area contributed by atoms with E-state index in [1.165, 1.54) is 24.4 Å². The minimum Gasteiger partial charge on any atom is -0.489 e. The van der Waals surface area contributed by atoms with Crippen LogP contribution in [0, 0.1) is 0 Å². The molecule has 0 spiro atoms. The summed E-state index contributed by atoms with van der Waals surface area (Å²) in [7, 11) is 0. The van der Waals surface area contributed by atoms with Crippen LogP contribution in [0.4, 0.5) is 18.9 Å². The van der Waals surface area contributed by atoms with E-state index < -0.39 is 11.7 Å². The molecule has 3 rings (SSSR count). The molecule has 0 heterocycles. The molecule has 3 aromatic carbocycles. The fraction of sp³-hybridized carbons (Fsp3) is 0.0952. The van der Waals surface area contributed by atoms with Crippen LogP contribution in [0.1, 0.15) is 16.7 Å². The summed E-state index contributed by atoms with van der Waals surface area (Å²) in [6, 6.07) is 22.0. The first-order chi connectivity index (χ1) is 12.5. The lowest BCUT2D eigenvalue weighted by atomic mass is 10.1. The predicted octanol–water partition coefficient (Wildman–Crippen LogP) is 6.04. The number of alkyl halides is 3. The molecular weight excluding hydrogens is 339 g/mol. The van der Waals surface area contributed by atoms with Crippen LogP contribution in [-0.2, 0) is 12.8 Å². The Balaban J connectivity index is 1.67. The maximum Gasteiger partial charge on any atom is 0.418 e. The van der Waals surface area contributed by atoms with Gasteiger partial charge in [0.05, 0.1) is 11.3 Å². The first kappa shape index (κ1) is 17.7. The maximum atomic E-state index is 13.0. The van der Waals surface area contributed by atoms with Crippen LogP contribution in [0.5, 0.6) is 5.75 Å². The molecular formula is C21H16F3NO. The lowest BCUT2D eigenvalue weighted by Crippen LogP contribution is -2.04. The molecule has 0 amide bonds. The number of aliphatic imine (C=N–C) groups is 1. The third kappa shape index (κ3) is 4.72. The third-order valence-corrected chi connectivity index (χ3v) is 3.69. The van der Waals surface area contributed by atoms with Gasteiger partial charge in [0.2, 0.25) is 0 Å². The van der Waals surface area contributed by atoms with Crippen molar-refractivity contribution in [2.75, 3.05) is 0 Å². The molecule has 0 unspecified atom stereocenters. The number of hydrogen-bond acceptors (Lipinski definition) is 2. The summed E-state index contributed by atoms with van der Waals surface area (Å²) in [6.07, 6.45) is -3.02. The van der Waals surface area contributed by atoms with Crippen molar-refractivity contribution >= 4 is 11.9 Å². The fourth-order valence-electron chi connectivity index (χ4n) is 2.36. The summed E-state index contributed by atoms with van der Waals surface area (Å²) >= 11 is 0. The topological polar surface area (TPSA) is 21.6 Å². The van der Waals surface area contributed by atoms with Crippen molar-refractivity contribution in [1.82, 2.24) is 0 Å². The average molecular weight is 355 g/mol. The van der Waals surface area contributed by atoms with Gasteiger partial charge < -0.3 is 4.74 Å². The van der Waals surface area contributed by atoms with E-state index in [4.69, 9.17) is 4.74 Å². The number of benzene rings is 3. The summed E-state index contributed by atoms with van der Waals surface area (Å²) < 4.78 is 44.6. The van der Waals surface area contributed by atoms with Gasteiger partial charge in [-0.25, -0.2) is 0 Å². The Morgan fingerprint density at radius 3 is 2.15 bits per heavy atom. The van der Waals surface area contributed by atoms with Crippen LogP contribution in [-0.4, -0.2) is 6.21 Å². The Hall–Kier alpha value is -3.08. The zero-order valence-corrected chi connectivity index (χ0v) is 13.8. The van der Waals surface area contributed by atoms with Gasteiger partial charge in [0.15, 0.2) is 0 Å². The average Bonchev–Trinajstić information content (AvgIpc) is 2.66. The Bertz CT molecular complexity index is 872. The van der Waals surface area contributed by atoms with E-state index >= 15 is 0 Å². The fourth-order valence-corrected chi connectivity index (χ4v) is 2.36. The molecule has 0 aliphatic rings. The van der Waals surface area contributed by atoms with Gasteiger partial charge in [-0.3, -0.25) is 4.99 Å². The second-order valence-corrected chi connectivity index (χ2v) is 5.62. The minimum atomic E-state index is -4.43. The molecule has 0 fully saturated rings. The number of rotatable bonds is 5. The number of hydrogen-bond donors (Lipinski definition) is 0. The number of nitrogens with zero attached hydrogens (tertiary/aromatic N) is 1. The monoisotopic (exact) mass is 355 g/mol. The molecule has 0 atom stereocenters. The van der Waals surface area contributed by atoms with Crippen LogP contribution in [0.3, 0.4) is 0 Å². The Kier molecular flexibility index (Phi) is 5.37. The zero-order chi connectivity index (χ0) is 18.4. The SMILES string of the molecule is FC(F)(F)c1ccccc1N=Cc1ccc(OCc2ccccc2)cc1. The molecule has 0 aliphatic carbocycles. The Labute approximate surface area is 149 Å². The van der Waals surface area contributed by atoms with Gasteiger partial charge in [-0.2, -0.15) is 13.2 Å². The highest BCUT2D eigenvalue weighted by molar-refractivity contribution is 5.82. The van der Waals surface area contributed by atoms with Crippen molar-refractivity contribution in [1.29, 1.82) is 0 Å². The molecule has 0 bridgehead atoms. The first-order valence-corrected chi connectivity index (χ1v) is 7.99. The van der Waals surface area contributed by atoms with Crippen molar-refractivity contribution < 1.29 is 17.9 Å². The highest BCUT2D eigenvalue weighted by atomic mass is 19.4. The highest BCUT2D eigenvalue weighted by Gasteiger charge is 2.32. The van der Waals surface area contributed by atoms with Crippen LogP contribution in [0.15, 0.2) is 83.9 Å². The van der Waals surface area contributed by atoms with E-state index in [9.17, 15) is 13.2 Å². The van der Waals surface area contributed by atoms with Crippen LogP contribution < -0.4 is 4.74 Å². The quantitative estimate of drug-likeness (QED) is 0.512. The summed E-state index contributed by atoms with van der Waals surface area (Å²) in [5.74, 6) is 0.682. The smallest absolute Gasteiger partial charge is 0.418 e. The molecule has 0 aromatic heterocycles. The van der Waals surface area contributed by atoms with Gasteiger partial charge in [-0.1, -0.05) is 42.5 Å². The van der Waals surface area contributed by atoms with Crippen LogP contribution in [0.2, 0.25) is 0 Å². The van der Waals surface area contributed by atoms with Crippen molar-refractivity contribution in [3.05, 3.63) is 95.6 Å². The second-order valence-electron chi connectivity index (χ2n) is 5.62. The molecule has 132 valence electrons. The summed E-state index contributed by atoms with van der Waals surface area (Å²) in [5, 5.41) is 0. The normalized spacial score (nSPS) is 11.7. The van der Waals surface area contributed by atoms with E-state index in [0.717, 1.165) is 11.6 Å². The van der Waals surface area contributed by atoms with Crippen LogP contribution >= 0.6 is 0 Å². The molecule has 0 aliphatic heterocycles. The van der Waals surface area contributed by atoms with E-state index in [1.54, 1.807) is 24.3 Å². The third-order valence-electron chi connectivity index (χ3n) is 3.69. The van der Waals surface area contributed by atoms with Crippen molar-refractivity contribution in [3.8, 4) is 5.75 Å². The van der Waals surface area contributed by atoms with E-state index in [-0.39, 0.29) is 5.69 Å². The molecule has 3 aromatic rings. The summed E-state index contributed by atoms with van der Waals surface area (Å²) in [4.78, 5) is 3.98. The van der Waals surface area contributed by atoms with Gasteiger partial charge in [-0.05, 0) is 47.5 Å². The summed E-state index contributed by atoms with van der Waals surface area (Å²) in [6.45, 7) is 0.452. The van der Waals surface area contributed by atoms with Crippen molar-refractivity contribution in [2.24, 2.45) is 4.99 Å². The standard InChI is InChI=1S/C21H16F3NO/c22-21(23,24)19-8-4-5-9-20(19)25-14-16-10-12-18(13-11-16)26-15-17-6-2-1-3-7-17/h1-14H,15H2. The molecule has 0 saturated carbocycles. The lowest BCUT2D eigenvalue weighted by Gasteiger charge is -2.09. The van der Waals surface area contributed by atoms with E-state index in [2.05, 4.69) is 4.99 Å². The van der Waals surface area contributed by atoms with Gasteiger partial charge in [-0.15, -0.1) is 0 Å². The highest BCUT2D eigenvalue weighted by Crippen LogP contribution is 2.35.